The van der Waals surface area contributed by atoms with Gasteiger partial charge in [0.25, 0.3) is 0 Å². The summed E-state index contributed by atoms with van der Waals surface area (Å²) in [6.07, 6.45) is 0. The van der Waals surface area contributed by atoms with Gasteiger partial charge in [-0.3, -0.25) is 0 Å². The molecule has 0 N–H and O–H groups in total. The van der Waals surface area contributed by atoms with Crippen LogP contribution in [0.2, 0.25) is 5.02 Å². The van der Waals surface area contributed by atoms with Crippen molar-refractivity contribution in [2.45, 2.75) is 39.8 Å². The molecule has 1 amide bonds. The molecule has 1 aromatic rings. The van der Waals surface area contributed by atoms with Crippen molar-refractivity contribution >= 4 is 41.9 Å². The van der Waals surface area contributed by atoms with Gasteiger partial charge in [0.1, 0.15) is 0 Å². The third-order valence-electron chi connectivity index (χ3n) is 2.77. The number of amides is 1. The first-order valence-electron chi connectivity index (χ1n) is 6.82. The van der Waals surface area contributed by atoms with Crippen LogP contribution in [0.15, 0.2) is 34.3 Å². The molecule has 0 aliphatic carbocycles. The first-order valence-corrected chi connectivity index (χ1v) is 8.91. The van der Waals surface area contributed by atoms with E-state index in [2.05, 4.69) is 37.7 Å². The second-order valence-corrected chi connectivity index (χ2v) is 7.67. The zero-order valence-corrected chi connectivity index (χ0v) is 15.0. The predicted octanol–water partition coefficient (Wildman–Crippen LogP) is 3.03. The first-order chi connectivity index (χ1) is 9.88. The Kier molecular flexibility index (Phi) is 5.20. The molecule has 0 radical (unpaired) electrons. The molecule has 0 spiro atoms. The Balaban J connectivity index is 2.18. The van der Waals surface area contributed by atoms with Crippen molar-refractivity contribution in [3.8, 4) is 0 Å². The Hall–Kier alpha value is -1.16. The monoisotopic (exact) mass is 371 g/mol. The van der Waals surface area contributed by atoms with Gasteiger partial charge in [-0.1, -0.05) is 0 Å². The van der Waals surface area contributed by atoms with Crippen LogP contribution in [0.25, 0.3) is 0 Å². The van der Waals surface area contributed by atoms with E-state index in [1.54, 1.807) is 24.3 Å². The molecule has 4 nitrogen and oxygen atoms in total. The van der Waals surface area contributed by atoms with Crippen molar-refractivity contribution in [2.75, 3.05) is 0 Å². The number of amidine groups is 2. The molecule has 1 aromatic carbocycles. The summed E-state index contributed by atoms with van der Waals surface area (Å²) in [5.74, 6) is -0.224. The second-order valence-electron chi connectivity index (χ2n) is 5.28. The van der Waals surface area contributed by atoms with Crippen molar-refractivity contribution in [1.29, 1.82) is 0 Å². The van der Waals surface area contributed by atoms with Gasteiger partial charge in [-0.15, -0.1) is 0 Å². The van der Waals surface area contributed by atoms with Gasteiger partial charge < -0.3 is 0 Å². The fourth-order valence-electron chi connectivity index (χ4n) is 1.79. The zero-order valence-electron chi connectivity index (χ0n) is 12.5. The molecule has 1 heterocycles. The molecule has 0 bridgehead atoms. The van der Waals surface area contributed by atoms with Crippen molar-refractivity contribution in [3.05, 3.63) is 34.9 Å². The van der Waals surface area contributed by atoms with Gasteiger partial charge in [-0.2, -0.15) is 0 Å². The van der Waals surface area contributed by atoms with E-state index in [9.17, 15) is 4.79 Å². The molecule has 1 fully saturated rings. The Morgan fingerprint density at radius 1 is 1.14 bits per heavy atom. The van der Waals surface area contributed by atoms with Gasteiger partial charge in [0.15, 0.2) is 0 Å². The van der Waals surface area contributed by atoms with E-state index in [1.165, 1.54) is 0 Å². The molecule has 1 saturated heterocycles. The van der Waals surface area contributed by atoms with Crippen LogP contribution in [0.5, 0.6) is 0 Å². The molecule has 0 unspecified atom stereocenters. The summed E-state index contributed by atoms with van der Waals surface area (Å²) in [5, 5.41) is 0.613. The summed E-state index contributed by atoms with van der Waals surface area (Å²) in [5.41, 5.74) is 0.556. The van der Waals surface area contributed by atoms with E-state index in [0.717, 1.165) is 9.47 Å². The number of nitrogens with zero attached hydrogens (tertiary/aromatic N) is 3. The van der Waals surface area contributed by atoms with Gasteiger partial charge >= 0.3 is 136 Å². The van der Waals surface area contributed by atoms with Gasteiger partial charge in [-0.05, 0) is 0 Å². The minimum atomic E-state index is -0.224. The van der Waals surface area contributed by atoms with E-state index >= 15 is 0 Å². The van der Waals surface area contributed by atoms with Crippen LogP contribution in [0.3, 0.4) is 0 Å². The average Bonchev–Trinajstić information content (AvgIpc) is 2.36. The molecule has 1 aliphatic rings. The predicted molar refractivity (Wildman–Crippen MR) is 88.5 cm³/mol. The van der Waals surface area contributed by atoms with Crippen molar-refractivity contribution < 1.29 is 4.79 Å². The van der Waals surface area contributed by atoms with E-state index in [4.69, 9.17) is 11.6 Å². The Morgan fingerprint density at radius 3 is 2.29 bits per heavy atom. The van der Waals surface area contributed by atoms with Gasteiger partial charge in [0.05, 0.1) is 0 Å². The molecule has 0 aromatic heterocycles. The molecule has 1 aliphatic heterocycles. The third kappa shape index (κ3) is 3.94. The summed E-state index contributed by atoms with van der Waals surface area (Å²) in [6.45, 7) is 8.26. The summed E-state index contributed by atoms with van der Waals surface area (Å²) in [7, 11) is 0. The molecule has 21 heavy (non-hydrogen) atoms. The topological polar surface area (TPSA) is 45.0 Å². The van der Waals surface area contributed by atoms with Gasteiger partial charge in [-0.25, -0.2) is 0 Å². The molecule has 112 valence electrons. The van der Waals surface area contributed by atoms with Crippen LogP contribution in [-0.4, -0.2) is 47.3 Å². The van der Waals surface area contributed by atoms with E-state index < -0.39 is 0 Å². The SMILES string of the molecule is CC(C)N=C1[Se]C(=NC(=O)c2ccc(Cl)cc2)N1C(C)C. The summed E-state index contributed by atoms with van der Waals surface area (Å²) < 4.78 is 1.91. The van der Waals surface area contributed by atoms with E-state index in [-0.39, 0.29) is 32.9 Å². The second kappa shape index (κ2) is 6.73. The van der Waals surface area contributed by atoms with Crippen molar-refractivity contribution in [1.82, 2.24) is 4.90 Å². The number of benzene rings is 1. The van der Waals surface area contributed by atoms with Crippen LogP contribution >= 0.6 is 11.6 Å². The van der Waals surface area contributed by atoms with E-state index in [1.807, 2.05) is 4.90 Å². The molecule has 0 saturated carbocycles. The average molecular weight is 371 g/mol. The summed E-state index contributed by atoms with van der Waals surface area (Å²) in [6, 6.07) is 7.32. The normalized spacial score (nSPS) is 18.7. The number of carbonyl (C=O) groups is 1. The standard InChI is InChI=1S/C15H18ClN3OSe/c1-9(2)17-14-19(10(3)4)15(21-14)18-13(20)11-5-7-12(16)8-6-11/h5-10H,1-4H3. The fraction of sp³-hybridized carbons (Fsp3) is 0.400. The number of halogens is 1. The molecular weight excluding hydrogens is 353 g/mol. The number of hydrogen-bond donors (Lipinski definition) is 0. The zero-order chi connectivity index (χ0) is 15.6. The molecular formula is C15H18ClN3OSe. The maximum absolute atomic E-state index is 12.2. The number of hydrogen-bond acceptors (Lipinski definition) is 2. The third-order valence-corrected chi connectivity index (χ3v) is 5.02. The molecule has 0 atom stereocenters. The quantitative estimate of drug-likeness (QED) is 0.768. The number of aliphatic imine (C=N–C) groups is 2. The Bertz CT molecular complexity index is 593. The number of rotatable bonds is 3. The first kappa shape index (κ1) is 16.2. The van der Waals surface area contributed by atoms with Gasteiger partial charge in [0, 0.05) is 0 Å². The molecule has 6 heteroatoms. The fourth-order valence-corrected chi connectivity index (χ4v) is 4.47. The Morgan fingerprint density at radius 2 is 1.76 bits per heavy atom. The minimum absolute atomic E-state index is 0.0522. The van der Waals surface area contributed by atoms with Crippen molar-refractivity contribution in [2.24, 2.45) is 9.98 Å². The van der Waals surface area contributed by atoms with E-state index in [0.29, 0.717) is 10.6 Å². The number of carbonyl (C=O) groups excluding carboxylic acids is 1. The summed E-state index contributed by atoms with van der Waals surface area (Å²) >= 11 is 5.88. The summed E-state index contributed by atoms with van der Waals surface area (Å²) in [4.78, 5) is 23.1. The van der Waals surface area contributed by atoms with Crippen molar-refractivity contribution in [3.63, 3.8) is 0 Å². The Labute approximate surface area is 136 Å². The van der Waals surface area contributed by atoms with Crippen LogP contribution in [-0.2, 0) is 0 Å². The van der Waals surface area contributed by atoms with Crippen LogP contribution in [0.4, 0.5) is 0 Å². The van der Waals surface area contributed by atoms with Crippen LogP contribution in [0, 0.1) is 0 Å². The molecule has 2 rings (SSSR count). The van der Waals surface area contributed by atoms with Gasteiger partial charge in [0.2, 0.25) is 0 Å². The van der Waals surface area contributed by atoms with Crippen LogP contribution < -0.4 is 0 Å². The maximum atomic E-state index is 12.2. The van der Waals surface area contributed by atoms with Crippen LogP contribution in [0.1, 0.15) is 38.1 Å².